The van der Waals surface area contributed by atoms with Crippen molar-refractivity contribution < 1.29 is 14.4 Å². The SMILES string of the molecule is CNC(C)C(=O)NC(C(=O)N1Cc2ccccc2[C@H]1C(=O)Nc1ccc2ccccc2c1)C(C)C. The first-order valence-electron chi connectivity index (χ1n) is 12.0. The Hall–Kier alpha value is -3.71. The van der Waals surface area contributed by atoms with Gasteiger partial charge in [0.05, 0.1) is 6.04 Å². The Bertz CT molecular complexity index is 1260. The molecule has 2 unspecified atom stereocenters. The van der Waals surface area contributed by atoms with Crippen molar-refractivity contribution in [3.8, 4) is 0 Å². The number of benzene rings is 3. The van der Waals surface area contributed by atoms with Crippen LogP contribution in [0.1, 0.15) is 37.9 Å². The summed E-state index contributed by atoms with van der Waals surface area (Å²) >= 11 is 0. The molecule has 7 heteroatoms. The summed E-state index contributed by atoms with van der Waals surface area (Å²) in [7, 11) is 1.70. The van der Waals surface area contributed by atoms with Crippen molar-refractivity contribution in [3.05, 3.63) is 77.9 Å². The van der Waals surface area contributed by atoms with Crippen molar-refractivity contribution in [3.63, 3.8) is 0 Å². The minimum atomic E-state index is -0.787. The van der Waals surface area contributed by atoms with Crippen LogP contribution in [-0.2, 0) is 20.9 Å². The third-order valence-electron chi connectivity index (χ3n) is 6.61. The second-order valence-corrected chi connectivity index (χ2v) is 9.36. The second-order valence-electron chi connectivity index (χ2n) is 9.36. The molecule has 0 radical (unpaired) electrons. The molecule has 3 N–H and O–H groups in total. The molecule has 3 aromatic carbocycles. The number of likely N-dealkylation sites (N-methyl/N-ethyl adjacent to an activating group) is 1. The Morgan fingerprint density at radius 1 is 0.914 bits per heavy atom. The second kappa shape index (κ2) is 10.3. The monoisotopic (exact) mass is 472 g/mol. The maximum atomic E-state index is 13.8. The van der Waals surface area contributed by atoms with Gasteiger partial charge in [0.2, 0.25) is 11.8 Å². The topological polar surface area (TPSA) is 90.5 Å². The molecule has 4 rings (SSSR count). The largest absolute Gasteiger partial charge is 0.343 e. The number of rotatable bonds is 7. The van der Waals surface area contributed by atoms with Crippen LogP contribution in [0.15, 0.2) is 66.7 Å². The zero-order valence-corrected chi connectivity index (χ0v) is 20.5. The molecule has 7 nitrogen and oxygen atoms in total. The summed E-state index contributed by atoms with van der Waals surface area (Å²) in [5.41, 5.74) is 2.40. The highest BCUT2D eigenvalue weighted by Gasteiger charge is 2.41. The van der Waals surface area contributed by atoms with Gasteiger partial charge in [-0.1, -0.05) is 68.4 Å². The number of carbonyl (C=O) groups is 3. The van der Waals surface area contributed by atoms with E-state index >= 15 is 0 Å². The third-order valence-corrected chi connectivity index (χ3v) is 6.61. The quantitative estimate of drug-likeness (QED) is 0.490. The van der Waals surface area contributed by atoms with E-state index in [-0.39, 0.29) is 23.6 Å². The summed E-state index contributed by atoms with van der Waals surface area (Å²) in [6.07, 6.45) is 0. The van der Waals surface area contributed by atoms with E-state index in [0.29, 0.717) is 12.2 Å². The average molecular weight is 473 g/mol. The number of carbonyl (C=O) groups excluding carboxylic acids is 3. The number of hydrogen-bond acceptors (Lipinski definition) is 4. The van der Waals surface area contributed by atoms with E-state index < -0.39 is 18.1 Å². The van der Waals surface area contributed by atoms with Crippen molar-refractivity contribution >= 4 is 34.2 Å². The number of nitrogens with one attached hydrogen (secondary N) is 3. The summed E-state index contributed by atoms with van der Waals surface area (Å²) in [5.74, 6) is -0.959. The van der Waals surface area contributed by atoms with Gasteiger partial charge in [-0.3, -0.25) is 14.4 Å². The van der Waals surface area contributed by atoms with Gasteiger partial charge in [-0.25, -0.2) is 0 Å². The van der Waals surface area contributed by atoms with Crippen LogP contribution in [-0.4, -0.2) is 41.8 Å². The fraction of sp³-hybridized carbons (Fsp3) is 0.321. The van der Waals surface area contributed by atoms with Crippen molar-refractivity contribution in [2.45, 2.75) is 45.4 Å². The van der Waals surface area contributed by atoms with Crippen molar-refractivity contribution in [2.75, 3.05) is 12.4 Å². The number of anilines is 1. The Labute approximate surface area is 205 Å². The molecule has 1 aliphatic rings. The lowest BCUT2D eigenvalue weighted by Gasteiger charge is -2.31. The summed E-state index contributed by atoms with van der Waals surface area (Å²) in [5, 5.41) is 10.9. The minimum Gasteiger partial charge on any atom is -0.343 e. The molecule has 0 saturated carbocycles. The first-order valence-corrected chi connectivity index (χ1v) is 12.0. The van der Waals surface area contributed by atoms with Crippen molar-refractivity contribution in [1.29, 1.82) is 0 Å². The Morgan fingerprint density at radius 3 is 2.31 bits per heavy atom. The normalized spacial score (nSPS) is 16.6. The predicted molar refractivity (Wildman–Crippen MR) is 138 cm³/mol. The van der Waals surface area contributed by atoms with Crippen LogP contribution in [0.3, 0.4) is 0 Å². The molecule has 0 spiro atoms. The molecule has 0 aliphatic carbocycles. The molecule has 1 aliphatic heterocycles. The third kappa shape index (κ3) is 5.05. The first kappa shape index (κ1) is 24.4. The van der Waals surface area contributed by atoms with Gasteiger partial charge in [0.15, 0.2) is 0 Å². The van der Waals surface area contributed by atoms with E-state index in [0.717, 1.165) is 21.9 Å². The lowest BCUT2D eigenvalue weighted by Crippen LogP contribution is -2.55. The van der Waals surface area contributed by atoms with E-state index in [2.05, 4.69) is 16.0 Å². The lowest BCUT2D eigenvalue weighted by molar-refractivity contribution is -0.143. The standard InChI is InChI=1S/C28H32N4O3/c1-17(2)24(31-26(33)18(3)29-4)28(35)32-16-21-11-7-8-12-23(21)25(32)27(34)30-22-14-13-19-9-5-6-10-20(19)15-22/h5-15,17-18,24-25,29H,16H2,1-4H3,(H,30,34)(H,31,33)/t18?,24?,25-/m0/s1. The van der Waals surface area contributed by atoms with E-state index in [1.807, 2.05) is 80.6 Å². The van der Waals surface area contributed by atoms with Crippen LogP contribution in [0.25, 0.3) is 10.8 Å². The molecular formula is C28H32N4O3. The summed E-state index contributed by atoms with van der Waals surface area (Å²) < 4.78 is 0. The number of hydrogen-bond donors (Lipinski definition) is 3. The van der Waals surface area contributed by atoms with Gasteiger partial charge < -0.3 is 20.9 Å². The predicted octanol–water partition coefficient (Wildman–Crippen LogP) is 3.61. The number of nitrogens with zero attached hydrogens (tertiary/aromatic N) is 1. The molecule has 35 heavy (non-hydrogen) atoms. The fourth-order valence-corrected chi connectivity index (χ4v) is 4.45. The van der Waals surface area contributed by atoms with Gasteiger partial charge >= 0.3 is 0 Å². The maximum Gasteiger partial charge on any atom is 0.251 e. The van der Waals surface area contributed by atoms with Crippen LogP contribution >= 0.6 is 0 Å². The molecule has 0 aromatic heterocycles. The van der Waals surface area contributed by atoms with Crippen LogP contribution < -0.4 is 16.0 Å². The summed E-state index contributed by atoms with van der Waals surface area (Å²) in [6.45, 7) is 5.83. The lowest BCUT2D eigenvalue weighted by atomic mass is 10.0. The van der Waals surface area contributed by atoms with Gasteiger partial charge in [-0.2, -0.15) is 0 Å². The molecule has 3 atom stereocenters. The van der Waals surface area contributed by atoms with Crippen molar-refractivity contribution in [2.24, 2.45) is 5.92 Å². The highest BCUT2D eigenvalue weighted by atomic mass is 16.2. The Kier molecular flexibility index (Phi) is 7.17. The van der Waals surface area contributed by atoms with Gasteiger partial charge in [0, 0.05) is 12.2 Å². The molecule has 3 aromatic rings. The molecule has 3 amide bonds. The van der Waals surface area contributed by atoms with Gasteiger partial charge in [0.25, 0.3) is 5.91 Å². The summed E-state index contributed by atoms with van der Waals surface area (Å²) in [4.78, 5) is 41.5. The first-order chi connectivity index (χ1) is 16.8. The number of fused-ring (bicyclic) bond motifs is 2. The zero-order chi connectivity index (χ0) is 25.1. The van der Waals surface area contributed by atoms with Gasteiger partial charge in [-0.15, -0.1) is 0 Å². The van der Waals surface area contributed by atoms with Crippen LogP contribution in [0.2, 0.25) is 0 Å². The minimum absolute atomic E-state index is 0.150. The highest BCUT2D eigenvalue weighted by Crippen LogP contribution is 2.35. The molecular weight excluding hydrogens is 440 g/mol. The van der Waals surface area contributed by atoms with E-state index in [4.69, 9.17) is 0 Å². The fourth-order valence-electron chi connectivity index (χ4n) is 4.45. The molecule has 1 heterocycles. The number of amides is 3. The molecule has 0 bridgehead atoms. The van der Waals surface area contributed by atoms with Crippen LogP contribution in [0, 0.1) is 5.92 Å². The van der Waals surface area contributed by atoms with Gasteiger partial charge in [-0.05, 0) is 53.9 Å². The molecule has 0 saturated heterocycles. The summed E-state index contributed by atoms with van der Waals surface area (Å²) in [6, 6.07) is 19.3. The Morgan fingerprint density at radius 2 is 1.60 bits per heavy atom. The molecule has 0 fully saturated rings. The van der Waals surface area contributed by atoms with E-state index in [9.17, 15) is 14.4 Å². The molecule has 182 valence electrons. The van der Waals surface area contributed by atoms with Gasteiger partial charge in [0.1, 0.15) is 12.1 Å². The van der Waals surface area contributed by atoms with E-state index in [1.165, 1.54) is 0 Å². The van der Waals surface area contributed by atoms with E-state index in [1.54, 1.807) is 18.9 Å². The van der Waals surface area contributed by atoms with Crippen molar-refractivity contribution in [1.82, 2.24) is 15.5 Å². The Balaban J connectivity index is 1.62. The van der Waals surface area contributed by atoms with Crippen LogP contribution in [0.4, 0.5) is 5.69 Å². The maximum absolute atomic E-state index is 13.8. The average Bonchev–Trinajstić information content (AvgIpc) is 3.25. The highest BCUT2D eigenvalue weighted by molar-refractivity contribution is 6.01. The zero-order valence-electron chi connectivity index (χ0n) is 20.5. The van der Waals surface area contributed by atoms with Crippen LogP contribution in [0.5, 0.6) is 0 Å². The smallest absolute Gasteiger partial charge is 0.251 e.